The van der Waals surface area contributed by atoms with Crippen LogP contribution in [0, 0.1) is 0 Å². The van der Waals surface area contributed by atoms with Crippen LogP contribution < -0.4 is 15.6 Å². The molecule has 190 valence electrons. The highest BCUT2D eigenvalue weighted by atomic mass is 32.1. The maximum atomic E-state index is 12.5. The maximum Gasteiger partial charge on any atom is 0.267 e. The summed E-state index contributed by atoms with van der Waals surface area (Å²) >= 11 is 1.33. The number of nitrogens with zero attached hydrogens (tertiary/aromatic N) is 5. The number of rotatable bonds is 7. The van der Waals surface area contributed by atoms with E-state index in [4.69, 9.17) is 4.74 Å². The molecule has 1 aromatic carbocycles. The molecule has 0 bridgehead atoms. The number of amides is 1. The van der Waals surface area contributed by atoms with Crippen molar-refractivity contribution < 1.29 is 9.53 Å². The second kappa shape index (κ2) is 11.0. The monoisotopic (exact) mass is 516 g/mol. The van der Waals surface area contributed by atoms with Gasteiger partial charge in [-0.05, 0) is 49.7 Å². The number of likely N-dealkylation sites (tertiary alicyclic amines) is 1. The quantitative estimate of drug-likeness (QED) is 0.402. The summed E-state index contributed by atoms with van der Waals surface area (Å²) in [6.45, 7) is 2.36. The van der Waals surface area contributed by atoms with Crippen molar-refractivity contribution in [3.8, 4) is 27.7 Å². The van der Waals surface area contributed by atoms with Gasteiger partial charge in [-0.25, -0.2) is 14.6 Å². The first kappa shape index (κ1) is 24.8. The molecular weight excluding hydrogens is 488 g/mol. The second-order valence-corrected chi connectivity index (χ2v) is 10.1. The minimum atomic E-state index is -0.205. The molecule has 0 saturated carbocycles. The molecule has 1 fully saturated rings. The van der Waals surface area contributed by atoms with Crippen LogP contribution in [0.25, 0.3) is 22.0 Å². The molecule has 4 aromatic rings. The van der Waals surface area contributed by atoms with Gasteiger partial charge in [-0.1, -0.05) is 18.2 Å². The molecule has 1 aliphatic rings. The lowest BCUT2D eigenvalue weighted by Crippen LogP contribution is -2.35. The lowest BCUT2D eigenvalue weighted by atomic mass is 10.1. The number of piperidine rings is 1. The predicted octanol–water partition coefficient (Wildman–Crippen LogP) is 3.31. The average molecular weight is 517 g/mol. The standard InChI is InChI=1S/C27H28N6O3S/c1-28-27(35)24-8-7-23(37-24)22-6-9-25(34)33(31-22)17-18-4-3-5-19(14-18)26-29-15-21(16-30-26)36-20-10-12-32(2)13-11-20/h3-9,14-16,20H,10-13,17H2,1-2H3,(H,28,35). The summed E-state index contributed by atoms with van der Waals surface area (Å²) in [6.07, 6.45) is 5.63. The zero-order chi connectivity index (χ0) is 25.8. The first-order chi connectivity index (χ1) is 18.0. The number of hydrogen-bond acceptors (Lipinski definition) is 8. The van der Waals surface area contributed by atoms with E-state index >= 15 is 0 Å². The Morgan fingerprint density at radius 2 is 1.89 bits per heavy atom. The van der Waals surface area contributed by atoms with Crippen LogP contribution in [-0.4, -0.2) is 63.8 Å². The highest BCUT2D eigenvalue weighted by Crippen LogP contribution is 2.26. The molecule has 1 saturated heterocycles. The average Bonchev–Trinajstić information content (AvgIpc) is 3.42. The van der Waals surface area contributed by atoms with E-state index in [9.17, 15) is 9.59 Å². The SMILES string of the molecule is CNC(=O)c1ccc(-c2ccc(=O)n(Cc3cccc(-c4ncc(OC5CCN(C)CC5)cn4)c3)n2)s1. The van der Waals surface area contributed by atoms with Gasteiger partial charge in [0, 0.05) is 31.8 Å². The van der Waals surface area contributed by atoms with Gasteiger partial charge in [0.25, 0.3) is 11.5 Å². The van der Waals surface area contributed by atoms with Crippen molar-refractivity contribution in [1.82, 2.24) is 30.0 Å². The third-order valence-electron chi connectivity index (χ3n) is 6.29. The lowest BCUT2D eigenvalue weighted by Gasteiger charge is -2.29. The molecule has 0 spiro atoms. The molecule has 1 N–H and O–H groups in total. The van der Waals surface area contributed by atoms with Crippen molar-refractivity contribution in [2.45, 2.75) is 25.5 Å². The normalized spacial score (nSPS) is 14.4. The first-order valence-electron chi connectivity index (χ1n) is 12.2. The molecule has 0 radical (unpaired) electrons. The molecule has 1 amide bonds. The lowest BCUT2D eigenvalue weighted by molar-refractivity contribution is 0.0967. The molecule has 5 rings (SSSR count). The van der Waals surface area contributed by atoms with Crippen LogP contribution in [0.3, 0.4) is 0 Å². The molecule has 1 aliphatic heterocycles. The van der Waals surface area contributed by atoms with E-state index in [1.165, 1.54) is 22.1 Å². The fourth-order valence-electron chi connectivity index (χ4n) is 4.22. The molecule has 0 aliphatic carbocycles. The Hall–Kier alpha value is -3.89. The smallest absolute Gasteiger partial charge is 0.267 e. The molecule has 0 atom stereocenters. The number of thiophene rings is 1. The van der Waals surface area contributed by atoms with E-state index in [2.05, 4.69) is 32.3 Å². The molecule has 9 nitrogen and oxygen atoms in total. The minimum absolute atomic E-state index is 0.148. The second-order valence-electron chi connectivity index (χ2n) is 9.02. The van der Waals surface area contributed by atoms with Crippen LogP contribution in [0.5, 0.6) is 5.75 Å². The predicted molar refractivity (Wildman–Crippen MR) is 143 cm³/mol. The van der Waals surface area contributed by atoms with Crippen LogP contribution in [-0.2, 0) is 6.54 Å². The number of carbonyl (C=O) groups excluding carboxylic acids is 1. The Labute approximate surface area is 218 Å². The maximum absolute atomic E-state index is 12.5. The van der Waals surface area contributed by atoms with E-state index in [0.29, 0.717) is 28.7 Å². The van der Waals surface area contributed by atoms with Gasteiger partial charge in [-0.2, -0.15) is 5.10 Å². The van der Waals surface area contributed by atoms with Gasteiger partial charge >= 0.3 is 0 Å². The van der Waals surface area contributed by atoms with Crippen molar-refractivity contribution in [2.75, 3.05) is 27.2 Å². The molecule has 4 heterocycles. The van der Waals surface area contributed by atoms with Gasteiger partial charge in [0.2, 0.25) is 0 Å². The Bertz CT molecular complexity index is 1440. The Kier molecular flexibility index (Phi) is 7.38. The Morgan fingerprint density at radius 3 is 2.65 bits per heavy atom. The molecule has 0 unspecified atom stereocenters. The van der Waals surface area contributed by atoms with Crippen LogP contribution in [0.2, 0.25) is 0 Å². The van der Waals surface area contributed by atoms with Crippen LogP contribution >= 0.6 is 11.3 Å². The summed E-state index contributed by atoms with van der Waals surface area (Å²) in [6, 6.07) is 14.5. The van der Waals surface area contributed by atoms with Gasteiger partial charge in [-0.3, -0.25) is 9.59 Å². The molecule has 10 heteroatoms. The van der Waals surface area contributed by atoms with Gasteiger partial charge in [-0.15, -0.1) is 11.3 Å². The Morgan fingerprint density at radius 1 is 1.11 bits per heavy atom. The van der Waals surface area contributed by atoms with E-state index in [-0.39, 0.29) is 17.6 Å². The summed E-state index contributed by atoms with van der Waals surface area (Å²) in [7, 11) is 3.72. The van der Waals surface area contributed by atoms with Crippen LogP contribution in [0.4, 0.5) is 0 Å². The minimum Gasteiger partial charge on any atom is -0.487 e. The largest absolute Gasteiger partial charge is 0.487 e. The third-order valence-corrected chi connectivity index (χ3v) is 7.40. The van der Waals surface area contributed by atoms with Gasteiger partial charge in [0.1, 0.15) is 11.8 Å². The number of hydrogen-bond donors (Lipinski definition) is 1. The number of nitrogens with one attached hydrogen (secondary N) is 1. The van der Waals surface area contributed by atoms with Gasteiger partial charge in [0.05, 0.1) is 28.7 Å². The number of carbonyl (C=O) groups is 1. The van der Waals surface area contributed by atoms with Crippen molar-refractivity contribution in [1.29, 1.82) is 0 Å². The molecule has 3 aromatic heterocycles. The van der Waals surface area contributed by atoms with E-state index in [1.807, 2.05) is 30.3 Å². The van der Waals surface area contributed by atoms with Gasteiger partial charge in [0.15, 0.2) is 11.6 Å². The number of aromatic nitrogens is 4. The van der Waals surface area contributed by atoms with Gasteiger partial charge < -0.3 is 15.0 Å². The van der Waals surface area contributed by atoms with E-state index in [1.54, 1.807) is 31.6 Å². The summed E-state index contributed by atoms with van der Waals surface area (Å²) in [5, 5.41) is 7.16. The summed E-state index contributed by atoms with van der Waals surface area (Å²) in [4.78, 5) is 37.2. The molecule has 37 heavy (non-hydrogen) atoms. The van der Waals surface area contributed by atoms with Crippen LogP contribution in [0.15, 0.2) is 65.7 Å². The van der Waals surface area contributed by atoms with Crippen molar-refractivity contribution in [3.63, 3.8) is 0 Å². The fourth-order valence-corrected chi connectivity index (χ4v) is 5.13. The summed E-state index contributed by atoms with van der Waals surface area (Å²) in [5.41, 5.74) is 2.18. The number of benzene rings is 1. The van der Waals surface area contributed by atoms with Crippen molar-refractivity contribution in [2.24, 2.45) is 0 Å². The zero-order valence-corrected chi connectivity index (χ0v) is 21.6. The first-order valence-corrected chi connectivity index (χ1v) is 13.0. The van der Waals surface area contributed by atoms with Crippen molar-refractivity contribution in [3.05, 3.63) is 81.7 Å². The topological polar surface area (TPSA) is 102 Å². The number of ether oxygens (including phenoxy) is 1. The van der Waals surface area contributed by atoms with E-state index in [0.717, 1.165) is 41.9 Å². The highest BCUT2D eigenvalue weighted by Gasteiger charge is 2.18. The highest BCUT2D eigenvalue weighted by molar-refractivity contribution is 7.17. The fraction of sp³-hybridized carbons (Fsp3) is 0.296. The summed E-state index contributed by atoms with van der Waals surface area (Å²) < 4.78 is 7.48. The summed E-state index contributed by atoms with van der Waals surface area (Å²) in [5.74, 6) is 1.12. The Balaban J connectivity index is 1.30. The third kappa shape index (κ3) is 5.92. The van der Waals surface area contributed by atoms with E-state index < -0.39 is 0 Å². The zero-order valence-electron chi connectivity index (χ0n) is 20.8. The van der Waals surface area contributed by atoms with Crippen LogP contribution in [0.1, 0.15) is 28.1 Å². The molecular formula is C27H28N6O3S. The van der Waals surface area contributed by atoms with Crippen molar-refractivity contribution >= 4 is 17.2 Å².